The second kappa shape index (κ2) is 5.36. The van der Waals surface area contributed by atoms with E-state index in [1.807, 2.05) is 0 Å². The van der Waals surface area contributed by atoms with Gasteiger partial charge in [0.15, 0.2) is 0 Å². The van der Waals surface area contributed by atoms with Crippen LogP contribution < -0.4 is 0 Å². The lowest BCUT2D eigenvalue weighted by Gasteiger charge is -2.33. The van der Waals surface area contributed by atoms with Crippen molar-refractivity contribution in [3.8, 4) is 0 Å². The standard InChI is InChI=1S/C17H23NO/c1-13-7-9-14(10-8-13)12-16-6-3-11-18(16)17(19)15-4-2-5-15/h7-10,15-16H,2-6,11-12H2,1H3. The predicted molar refractivity (Wildman–Crippen MR) is 77.0 cm³/mol. The van der Waals surface area contributed by atoms with E-state index in [1.54, 1.807) is 0 Å². The van der Waals surface area contributed by atoms with E-state index in [-0.39, 0.29) is 0 Å². The lowest BCUT2D eigenvalue weighted by atomic mass is 9.84. The zero-order valence-electron chi connectivity index (χ0n) is 11.8. The number of nitrogens with zero attached hydrogens (tertiary/aromatic N) is 1. The topological polar surface area (TPSA) is 20.3 Å². The van der Waals surface area contributed by atoms with Gasteiger partial charge in [0.2, 0.25) is 5.91 Å². The van der Waals surface area contributed by atoms with Gasteiger partial charge in [0.25, 0.3) is 0 Å². The zero-order valence-corrected chi connectivity index (χ0v) is 11.8. The highest BCUT2D eigenvalue weighted by molar-refractivity contribution is 5.80. The number of benzene rings is 1. The molecule has 0 N–H and O–H groups in total. The first kappa shape index (κ1) is 12.7. The van der Waals surface area contributed by atoms with Gasteiger partial charge in [-0.2, -0.15) is 0 Å². The van der Waals surface area contributed by atoms with Crippen LogP contribution in [-0.2, 0) is 11.2 Å². The molecule has 1 aliphatic heterocycles. The van der Waals surface area contributed by atoms with Gasteiger partial charge in [-0.05, 0) is 44.6 Å². The first-order valence-corrected chi connectivity index (χ1v) is 7.60. The predicted octanol–water partition coefficient (Wildman–Crippen LogP) is 3.33. The molecule has 1 aromatic carbocycles. The highest BCUT2D eigenvalue weighted by atomic mass is 16.2. The number of rotatable bonds is 3. The van der Waals surface area contributed by atoms with Crippen LogP contribution in [0, 0.1) is 12.8 Å². The van der Waals surface area contributed by atoms with Gasteiger partial charge in [0.1, 0.15) is 0 Å². The molecule has 0 spiro atoms. The minimum Gasteiger partial charge on any atom is -0.339 e. The third-order valence-corrected chi connectivity index (χ3v) is 4.71. The Morgan fingerprint density at radius 3 is 2.53 bits per heavy atom. The lowest BCUT2D eigenvalue weighted by molar-refractivity contribution is -0.138. The fraction of sp³-hybridized carbons (Fsp3) is 0.588. The molecule has 1 aromatic rings. The molecular weight excluding hydrogens is 234 g/mol. The normalized spacial score (nSPS) is 23.4. The number of amides is 1. The molecular formula is C17H23NO. The van der Waals surface area contributed by atoms with Gasteiger partial charge in [-0.1, -0.05) is 36.2 Å². The molecule has 3 rings (SSSR count). The van der Waals surface area contributed by atoms with Crippen molar-refractivity contribution in [1.29, 1.82) is 0 Å². The van der Waals surface area contributed by atoms with E-state index >= 15 is 0 Å². The maximum atomic E-state index is 12.4. The van der Waals surface area contributed by atoms with Crippen molar-refractivity contribution in [3.05, 3.63) is 35.4 Å². The molecule has 1 saturated carbocycles. The summed E-state index contributed by atoms with van der Waals surface area (Å²) in [6.07, 6.45) is 6.85. The summed E-state index contributed by atoms with van der Waals surface area (Å²) in [5.41, 5.74) is 2.67. The molecule has 1 aliphatic carbocycles. The Balaban J connectivity index is 1.65. The average molecular weight is 257 g/mol. The molecule has 1 amide bonds. The van der Waals surface area contributed by atoms with Gasteiger partial charge in [0.05, 0.1) is 0 Å². The van der Waals surface area contributed by atoms with Crippen molar-refractivity contribution < 1.29 is 4.79 Å². The molecule has 2 fully saturated rings. The third kappa shape index (κ3) is 2.68. The Bertz CT molecular complexity index is 447. The summed E-state index contributed by atoms with van der Waals surface area (Å²) in [4.78, 5) is 14.6. The van der Waals surface area contributed by atoms with Crippen LogP contribution in [0.25, 0.3) is 0 Å². The Labute approximate surface area is 115 Å². The van der Waals surface area contributed by atoms with Crippen molar-refractivity contribution in [2.75, 3.05) is 6.54 Å². The molecule has 0 bridgehead atoms. The molecule has 1 saturated heterocycles. The summed E-state index contributed by atoms with van der Waals surface area (Å²) in [6.45, 7) is 3.09. The number of hydrogen-bond acceptors (Lipinski definition) is 1. The lowest BCUT2D eigenvalue weighted by Crippen LogP contribution is -2.42. The van der Waals surface area contributed by atoms with Crippen molar-refractivity contribution in [2.24, 2.45) is 5.92 Å². The van der Waals surface area contributed by atoms with Gasteiger partial charge in [-0.25, -0.2) is 0 Å². The summed E-state index contributed by atoms with van der Waals surface area (Å²) in [7, 11) is 0. The summed E-state index contributed by atoms with van der Waals surface area (Å²) in [5, 5.41) is 0. The highest BCUT2D eigenvalue weighted by Gasteiger charge is 2.35. The summed E-state index contributed by atoms with van der Waals surface area (Å²) in [5.74, 6) is 0.777. The van der Waals surface area contributed by atoms with Crippen LogP contribution in [0.1, 0.15) is 43.2 Å². The quantitative estimate of drug-likeness (QED) is 0.813. The van der Waals surface area contributed by atoms with Crippen molar-refractivity contribution in [1.82, 2.24) is 4.90 Å². The van der Waals surface area contributed by atoms with Crippen LogP contribution in [0.15, 0.2) is 24.3 Å². The van der Waals surface area contributed by atoms with Crippen molar-refractivity contribution in [2.45, 2.75) is 51.5 Å². The third-order valence-electron chi connectivity index (χ3n) is 4.71. The van der Waals surface area contributed by atoms with Crippen LogP contribution in [-0.4, -0.2) is 23.4 Å². The second-order valence-electron chi connectivity index (χ2n) is 6.15. The maximum Gasteiger partial charge on any atom is 0.225 e. The molecule has 2 aliphatic rings. The molecule has 2 heteroatoms. The number of carbonyl (C=O) groups excluding carboxylic acids is 1. The van der Waals surface area contributed by atoms with Gasteiger partial charge in [-0.15, -0.1) is 0 Å². The highest BCUT2D eigenvalue weighted by Crippen LogP contribution is 2.32. The Morgan fingerprint density at radius 1 is 1.16 bits per heavy atom. The van der Waals surface area contributed by atoms with E-state index in [0.29, 0.717) is 17.9 Å². The Morgan fingerprint density at radius 2 is 1.89 bits per heavy atom. The van der Waals surface area contributed by atoms with Crippen LogP contribution in [0.5, 0.6) is 0 Å². The van der Waals surface area contributed by atoms with Crippen LogP contribution in [0.2, 0.25) is 0 Å². The molecule has 19 heavy (non-hydrogen) atoms. The monoisotopic (exact) mass is 257 g/mol. The molecule has 0 radical (unpaired) electrons. The number of carbonyl (C=O) groups is 1. The van der Waals surface area contributed by atoms with Gasteiger partial charge < -0.3 is 4.90 Å². The number of hydrogen-bond donors (Lipinski definition) is 0. The first-order chi connectivity index (χ1) is 9.24. The van der Waals surface area contributed by atoms with Crippen LogP contribution in [0.4, 0.5) is 0 Å². The van der Waals surface area contributed by atoms with E-state index in [0.717, 1.165) is 25.8 Å². The molecule has 1 atom stereocenters. The van der Waals surface area contributed by atoms with Gasteiger partial charge in [-0.3, -0.25) is 4.79 Å². The SMILES string of the molecule is Cc1ccc(CC2CCCN2C(=O)C2CCC2)cc1. The smallest absolute Gasteiger partial charge is 0.225 e. The zero-order chi connectivity index (χ0) is 13.2. The fourth-order valence-corrected chi connectivity index (χ4v) is 3.22. The maximum absolute atomic E-state index is 12.4. The molecule has 1 unspecified atom stereocenters. The largest absolute Gasteiger partial charge is 0.339 e. The number of aryl methyl sites for hydroxylation is 1. The fourth-order valence-electron chi connectivity index (χ4n) is 3.22. The summed E-state index contributed by atoms with van der Waals surface area (Å²) < 4.78 is 0. The van der Waals surface area contributed by atoms with Crippen LogP contribution >= 0.6 is 0 Å². The first-order valence-electron chi connectivity index (χ1n) is 7.60. The molecule has 0 aromatic heterocycles. The van der Waals surface area contributed by atoms with E-state index in [4.69, 9.17) is 0 Å². The van der Waals surface area contributed by atoms with Gasteiger partial charge >= 0.3 is 0 Å². The molecule has 102 valence electrons. The summed E-state index contributed by atoms with van der Waals surface area (Å²) in [6, 6.07) is 9.19. The van der Waals surface area contributed by atoms with Gasteiger partial charge in [0, 0.05) is 18.5 Å². The Hall–Kier alpha value is -1.31. The minimum atomic E-state index is 0.346. The second-order valence-corrected chi connectivity index (χ2v) is 6.15. The van der Waals surface area contributed by atoms with E-state index < -0.39 is 0 Å². The average Bonchev–Trinajstić information content (AvgIpc) is 2.78. The Kier molecular flexibility index (Phi) is 3.58. The molecule has 1 heterocycles. The van der Waals surface area contributed by atoms with E-state index in [1.165, 1.54) is 30.4 Å². The summed E-state index contributed by atoms with van der Waals surface area (Å²) >= 11 is 0. The van der Waals surface area contributed by atoms with Crippen LogP contribution in [0.3, 0.4) is 0 Å². The van der Waals surface area contributed by atoms with E-state index in [9.17, 15) is 4.79 Å². The van der Waals surface area contributed by atoms with Crippen molar-refractivity contribution >= 4 is 5.91 Å². The van der Waals surface area contributed by atoms with Crippen molar-refractivity contribution in [3.63, 3.8) is 0 Å². The minimum absolute atomic E-state index is 0.346. The van der Waals surface area contributed by atoms with E-state index in [2.05, 4.69) is 36.1 Å². The molecule has 2 nitrogen and oxygen atoms in total. The number of likely N-dealkylation sites (tertiary alicyclic amines) is 1.